The highest BCUT2D eigenvalue weighted by molar-refractivity contribution is 7.09. The Bertz CT molecular complexity index is 915. The quantitative estimate of drug-likeness (QED) is 0.663. The van der Waals surface area contributed by atoms with Gasteiger partial charge < -0.3 is 9.64 Å². The van der Waals surface area contributed by atoms with E-state index in [1.807, 2.05) is 42.2 Å². The van der Waals surface area contributed by atoms with Crippen LogP contribution in [0.3, 0.4) is 0 Å². The van der Waals surface area contributed by atoms with Crippen molar-refractivity contribution in [3.05, 3.63) is 64.4 Å². The van der Waals surface area contributed by atoms with Crippen molar-refractivity contribution in [3.8, 4) is 5.75 Å². The normalized spacial score (nSPS) is 15.2. The molecule has 2 heterocycles. The van der Waals surface area contributed by atoms with Crippen molar-refractivity contribution >= 4 is 28.0 Å². The van der Waals surface area contributed by atoms with Gasteiger partial charge in [-0.25, -0.2) is 0 Å². The number of nitrogens with zero attached hydrogens (tertiary/aromatic N) is 2. The first kappa shape index (κ1) is 18.0. The van der Waals surface area contributed by atoms with E-state index in [0.29, 0.717) is 17.9 Å². The van der Waals surface area contributed by atoms with Gasteiger partial charge in [0.1, 0.15) is 5.75 Å². The summed E-state index contributed by atoms with van der Waals surface area (Å²) in [5.74, 6) is 0.752. The molecule has 140 valence electrons. The molecule has 0 bridgehead atoms. The topological polar surface area (TPSA) is 32.8 Å². The highest BCUT2D eigenvalue weighted by Crippen LogP contribution is 2.28. The van der Waals surface area contributed by atoms with E-state index in [9.17, 15) is 4.79 Å². The molecule has 1 fully saturated rings. The van der Waals surface area contributed by atoms with E-state index >= 15 is 0 Å². The molecule has 5 heteroatoms. The van der Waals surface area contributed by atoms with Crippen molar-refractivity contribution in [3.63, 3.8) is 0 Å². The number of benzene rings is 2. The zero-order chi connectivity index (χ0) is 18.6. The van der Waals surface area contributed by atoms with E-state index in [1.165, 1.54) is 4.88 Å². The van der Waals surface area contributed by atoms with E-state index in [4.69, 9.17) is 4.74 Å². The fraction of sp³-hybridized carbons (Fsp3) is 0.318. The Morgan fingerprint density at radius 1 is 1.04 bits per heavy atom. The number of carbonyl (C=O) groups excluding carboxylic acids is 1. The summed E-state index contributed by atoms with van der Waals surface area (Å²) in [5, 5.41) is 4.28. The molecule has 1 aromatic heterocycles. The smallest absolute Gasteiger partial charge is 0.257 e. The summed E-state index contributed by atoms with van der Waals surface area (Å²) < 4.78 is 5.79. The lowest BCUT2D eigenvalue weighted by molar-refractivity contribution is 0.0626. The molecule has 0 unspecified atom stereocenters. The van der Waals surface area contributed by atoms with Crippen LogP contribution in [0.15, 0.2) is 53.9 Å². The van der Waals surface area contributed by atoms with E-state index in [1.54, 1.807) is 11.3 Å². The first-order chi connectivity index (χ1) is 13.2. The molecule has 4 nitrogen and oxygen atoms in total. The van der Waals surface area contributed by atoms with Crippen LogP contribution in [0.4, 0.5) is 0 Å². The fourth-order valence-corrected chi connectivity index (χ4v) is 4.31. The third kappa shape index (κ3) is 3.99. The van der Waals surface area contributed by atoms with Gasteiger partial charge in [0.25, 0.3) is 5.91 Å². The lowest BCUT2D eigenvalue weighted by atomic mass is 10.0. The molecule has 1 aliphatic heterocycles. The Balaban J connectivity index is 1.50. The summed E-state index contributed by atoms with van der Waals surface area (Å²) >= 11 is 1.79. The number of hydrogen-bond donors (Lipinski definition) is 0. The first-order valence-corrected chi connectivity index (χ1v) is 10.3. The van der Waals surface area contributed by atoms with Crippen LogP contribution >= 0.6 is 11.3 Å². The molecule has 4 rings (SSSR count). The van der Waals surface area contributed by atoms with Gasteiger partial charge >= 0.3 is 0 Å². The number of fused-ring (bicyclic) bond motifs is 1. The number of carbonyl (C=O) groups is 1. The Morgan fingerprint density at radius 3 is 2.44 bits per heavy atom. The van der Waals surface area contributed by atoms with Gasteiger partial charge in [-0.3, -0.25) is 9.69 Å². The van der Waals surface area contributed by atoms with Gasteiger partial charge in [-0.05, 0) is 41.3 Å². The minimum atomic E-state index is 0.0694. The first-order valence-electron chi connectivity index (χ1n) is 9.44. The van der Waals surface area contributed by atoms with E-state index in [2.05, 4.69) is 28.5 Å². The van der Waals surface area contributed by atoms with Crippen molar-refractivity contribution < 1.29 is 9.53 Å². The number of amides is 1. The third-order valence-electron chi connectivity index (χ3n) is 5.00. The SMILES string of the molecule is CCOc1cc2ccccc2cc1C(=O)N1CCN(Cc2cccs2)CC1. The van der Waals surface area contributed by atoms with E-state index < -0.39 is 0 Å². The number of ether oxygens (including phenoxy) is 1. The predicted octanol–water partition coefficient (Wildman–Crippen LogP) is 4.26. The molecule has 0 spiro atoms. The van der Waals surface area contributed by atoms with Gasteiger partial charge in [-0.2, -0.15) is 0 Å². The zero-order valence-corrected chi connectivity index (χ0v) is 16.4. The number of rotatable bonds is 5. The molecule has 3 aromatic rings. The van der Waals surface area contributed by atoms with Crippen molar-refractivity contribution in [2.24, 2.45) is 0 Å². The number of hydrogen-bond acceptors (Lipinski definition) is 4. The van der Waals surface area contributed by atoms with Gasteiger partial charge in [-0.1, -0.05) is 30.3 Å². The maximum atomic E-state index is 13.2. The molecule has 1 amide bonds. The largest absolute Gasteiger partial charge is 0.493 e. The lowest BCUT2D eigenvalue weighted by Crippen LogP contribution is -2.48. The Hall–Kier alpha value is -2.37. The molecule has 1 aliphatic rings. The summed E-state index contributed by atoms with van der Waals surface area (Å²) in [6.45, 7) is 6.79. The predicted molar refractivity (Wildman–Crippen MR) is 111 cm³/mol. The summed E-state index contributed by atoms with van der Waals surface area (Å²) in [4.78, 5) is 18.9. The highest BCUT2D eigenvalue weighted by atomic mass is 32.1. The fourth-order valence-electron chi connectivity index (χ4n) is 3.56. The number of piperazine rings is 1. The molecular weight excluding hydrogens is 356 g/mol. The van der Waals surface area contributed by atoms with Gasteiger partial charge in [0.15, 0.2) is 0 Å². The van der Waals surface area contributed by atoms with Gasteiger partial charge in [-0.15, -0.1) is 11.3 Å². The van der Waals surface area contributed by atoms with Crippen LogP contribution in [0.5, 0.6) is 5.75 Å². The van der Waals surface area contributed by atoms with Crippen LogP contribution in [-0.4, -0.2) is 48.5 Å². The maximum Gasteiger partial charge on any atom is 0.257 e. The lowest BCUT2D eigenvalue weighted by Gasteiger charge is -2.34. The van der Waals surface area contributed by atoms with Crippen LogP contribution in [-0.2, 0) is 6.54 Å². The van der Waals surface area contributed by atoms with Crippen molar-refractivity contribution in [2.45, 2.75) is 13.5 Å². The highest BCUT2D eigenvalue weighted by Gasteiger charge is 2.25. The average molecular weight is 381 g/mol. The summed E-state index contributed by atoms with van der Waals surface area (Å²) in [6, 6.07) is 16.3. The van der Waals surface area contributed by atoms with Gasteiger partial charge in [0.05, 0.1) is 12.2 Å². The molecule has 0 radical (unpaired) electrons. The molecule has 0 saturated carbocycles. The second-order valence-corrected chi connectivity index (χ2v) is 7.81. The average Bonchev–Trinajstić information content (AvgIpc) is 3.21. The zero-order valence-electron chi connectivity index (χ0n) is 15.6. The van der Waals surface area contributed by atoms with Crippen LogP contribution in [0.2, 0.25) is 0 Å². The summed E-state index contributed by atoms with van der Waals surface area (Å²) in [6.07, 6.45) is 0. The maximum absolute atomic E-state index is 13.2. The summed E-state index contributed by atoms with van der Waals surface area (Å²) in [5.41, 5.74) is 0.669. The third-order valence-corrected chi connectivity index (χ3v) is 5.86. The van der Waals surface area contributed by atoms with Gasteiger partial charge in [0.2, 0.25) is 0 Å². The van der Waals surface area contributed by atoms with Crippen molar-refractivity contribution in [2.75, 3.05) is 32.8 Å². The van der Waals surface area contributed by atoms with E-state index in [0.717, 1.165) is 43.5 Å². The Kier molecular flexibility index (Phi) is 5.41. The monoisotopic (exact) mass is 380 g/mol. The standard InChI is InChI=1S/C22H24N2O2S/c1-2-26-21-15-18-7-4-3-6-17(18)14-20(21)22(25)24-11-9-23(10-12-24)16-19-8-5-13-27-19/h3-8,13-15H,2,9-12,16H2,1H3. The van der Waals surface area contributed by atoms with Crippen LogP contribution < -0.4 is 4.74 Å². The van der Waals surface area contributed by atoms with Crippen LogP contribution in [0.25, 0.3) is 10.8 Å². The molecule has 1 saturated heterocycles. The van der Waals surface area contributed by atoms with Crippen LogP contribution in [0.1, 0.15) is 22.2 Å². The molecule has 2 aromatic carbocycles. The second kappa shape index (κ2) is 8.11. The number of thiophene rings is 1. The summed E-state index contributed by atoms with van der Waals surface area (Å²) in [7, 11) is 0. The molecule has 0 aliphatic carbocycles. The Labute approximate surface area is 164 Å². The molecular formula is C22H24N2O2S. The minimum Gasteiger partial charge on any atom is -0.493 e. The molecule has 0 N–H and O–H groups in total. The Morgan fingerprint density at radius 2 is 1.78 bits per heavy atom. The molecule has 0 atom stereocenters. The van der Waals surface area contributed by atoms with E-state index in [-0.39, 0.29) is 5.91 Å². The van der Waals surface area contributed by atoms with Crippen molar-refractivity contribution in [1.29, 1.82) is 0 Å². The second-order valence-electron chi connectivity index (χ2n) is 6.78. The molecule has 27 heavy (non-hydrogen) atoms. The van der Waals surface area contributed by atoms with Gasteiger partial charge in [0, 0.05) is 37.6 Å². The van der Waals surface area contributed by atoms with Crippen LogP contribution in [0, 0.1) is 0 Å². The van der Waals surface area contributed by atoms with Crippen molar-refractivity contribution in [1.82, 2.24) is 9.80 Å². The minimum absolute atomic E-state index is 0.0694.